The van der Waals surface area contributed by atoms with Gasteiger partial charge < -0.3 is 20.6 Å². The van der Waals surface area contributed by atoms with Crippen LogP contribution in [-0.4, -0.2) is 48.6 Å². The number of carboxylic acid groups (broad SMARTS) is 1. The van der Waals surface area contributed by atoms with Crippen molar-refractivity contribution in [2.75, 3.05) is 26.0 Å². The number of amides is 3. The molecule has 0 aromatic heterocycles. The molecule has 0 aliphatic carbocycles. The summed E-state index contributed by atoms with van der Waals surface area (Å²) in [4.78, 5) is 35.1. The third-order valence-electron chi connectivity index (χ3n) is 2.72. The second-order valence-electron chi connectivity index (χ2n) is 4.29. The molecule has 1 rings (SSSR count). The number of anilines is 1. The van der Waals surface area contributed by atoms with Crippen LogP contribution in [0.25, 0.3) is 0 Å². The van der Waals surface area contributed by atoms with Gasteiger partial charge in [-0.25, -0.2) is 9.59 Å². The van der Waals surface area contributed by atoms with Crippen LogP contribution >= 0.6 is 0 Å². The first-order valence-electron chi connectivity index (χ1n) is 5.91. The molecule has 0 unspecified atom stereocenters. The Kier molecular flexibility index (Phi) is 5.08. The molecule has 0 spiro atoms. The molecule has 0 fully saturated rings. The fourth-order valence-electron chi connectivity index (χ4n) is 1.51. The summed E-state index contributed by atoms with van der Waals surface area (Å²) in [5.41, 5.74) is 1.29. The fourth-order valence-corrected chi connectivity index (χ4v) is 1.51. The number of nitrogens with zero attached hydrogens (tertiary/aromatic N) is 1. The second kappa shape index (κ2) is 6.55. The minimum Gasteiger partial charge on any atom is -0.478 e. The number of benzene rings is 1. The monoisotopic (exact) mass is 279 g/mol. The van der Waals surface area contributed by atoms with Crippen LogP contribution < -0.4 is 10.6 Å². The van der Waals surface area contributed by atoms with Crippen LogP contribution in [0.15, 0.2) is 18.2 Å². The van der Waals surface area contributed by atoms with Crippen LogP contribution in [0.2, 0.25) is 0 Å². The average Bonchev–Trinajstić information content (AvgIpc) is 2.40. The van der Waals surface area contributed by atoms with Crippen molar-refractivity contribution in [3.8, 4) is 0 Å². The first-order valence-corrected chi connectivity index (χ1v) is 5.91. The highest BCUT2D eigenvalue weighted by molar-refractivity contribution is 5.94. The summed E-state index contributed by atoms with van der Waals surface area (Å²) in [6.07, 6.45) is 0. The van der Waals surface area contributed by atoms with E-state index in [-0.39, 0.29) is 18.0 Å². The Balaban J connectivity index is 2.75. The summed E-state index contributed by atoms with van der Waals surface area (Å²) in [6.45, 7) is 1.63. The van der Waals surface area contributed by atoms with E-state index in [0.717, 1.165) is 0 Å². The molecule has 0 atom stereocenters. The smallest absolute Gasteiger partial charge is 0.335 e. The predicted octanol–water partition coefficient (Wildman–Crippen LogP) is 0.903. The van der Waals surface area contributed by atoms with Crippen molar-refractivity contribution in [2.45, 2.75) is 6.92 Å². The van der Waals surface area contributed by atoms with Crippen LogP contribution in [-0.2, 0) is 4.79 Å². The SMILES string of the molecule is CNC(=O)CN(C)C(=O)Nc1ccc(C(=O)O)cc1C. The Hall–Kier alpha value is -2.57. The van der Waals surface area contributed by atoms with Crippen LogP contribution in [0, 0.1) is 6.92 Å². The number of likely N-dealkylation sites (N-methyl/N-ethyl adjacent to an activating group) is 2. The van der Waals surface area contributed by atoms with Gasteiger partial charge in [-0.15, -0.1) is 0 Å². The van der Waals surface area contributed by atoms with Gasteiger partial charge in [0.15, 0.2) is 0 Å². The number of rotatable bonds is 4. The molecule has 0 aliphatic heterocycles. The summed E-state index contributed by atoms with van der Waals surface area (Å²) in [6, 6.07) is 3.95. The summed E-state index contributed by atoms with van der Waals surface area (Å²) in [7, 11) is 2.98. The highest BCUT2D eigenvalue weighted by Gasteiger charge is 2.13. The lowest BCUT2D eigenvalue weighted by Crippen LogP contribution is -2.39. The maximum absolute atomic E-state index is 11.9. The topological polar surface area (TPSA) is 98.7 Å². The van der Waals surface area contributed by atoms with Crippen molar-refractivity contribution in [1.29, 1.82) is 0 Å². The first-order chi connectivity index (χ1) is 9.35. The van der Waals surface area contributed by atoms with E-state index in [0.29, 0.717) is 11.3 Å². The molecule has 7 heteroatoms. The minimum atomic E-state index is -1.03. The number of urea groups is 1. The van der Waals surface area contributed by atoms with Gasteiger partial charge in [-0.05, 0) is 30.7 Å². The van der Waals surface area contributed by atoms with Gasteiger partial charge in [-0.3, -0.25) is 4.79 Å². The predicted molar refractivity (Wildman–Crippen MR) is 73.9 cm³/mol. The molecule has 1 aromatic carbocycles. The lowest BCUT2D eigenvalue weighted by atomic mass is 10.1. The van der Waals surface area contributed by atoms with Crippen molar-refractivity contribution in [1.82, 2.24) is 10.2 Å². The fraction of sp³-hybridized carbons (Fsp3) is 0.308. The van der Waals surface area contributed by atoms with Crippen molar-refractivity contribution in [3.63, 3.8) is 0 Å². The van der Waals surface area contributed by atoms with E-state index in [1.165, 1.54) is 37.2 Å². The van der Waals surface area contributed by atoms with E-state index in [9.17, 15) is 14.4 Å². The largest absolute Gasteiger partial charge is 0.478 e. The van der Waals surface area contributed by atoms with E-state index in [1.54, 1.807) is 6.92 Å². The molecular formula is C13H17N3O4. The van der Waals surface area contributed by atoms with Gasteiger partial charge in [0.2, 0.25) is 5.91 Å². The third kappa shape index (κ3) is 3.98. The molecule has 20 heavy (non-hydrogen) atoms. The summed E-state index contributed by atoms with van der Waals surface area (Å²) in [5, 5.41) is 13.9. The number of aryl methyl sites for hydroxylation is 1. The van der Waals surface area contributed by atoms with Gasteiger partial charge in [-0.1, -0.05) is 0 Å². The number of aromatic carboxylic acids is 1. The van der Waals surface area contributed by atoms with Gasteiger partial charge in [0.25, 0.3) is 0 Å². The van der Waals surface area contributed by atoms with E-state index < -0.39 is 12.0 Å². The summed E-state index contributed by atoms with van der Waals surface area (Å²) in [5.74, 6) is -1.30. The molecule has 3 amide bonds. The van der Waals surface area contributed by atoms with Crippen LogP contribution in [0.5, 0.6) is 0 Å². The zero-order valence-electron chi connectivity index (χ0n) is 11.6. The van der Waals surface area contributed by atoms with Gasteiger partial charge in [0, 0.05) is 19.8 Å². The molecule has 0 saturated heterocycles. The lowest BCUT2D eigenvalue weighted by Gasteiger charge is -2.18. The Bertz CT molecular complexity index is 542. The number of carbonyl (C=O) groups excluding carboxylic acids is 2. The molecule has 0 aliphatic rings. The zero-order chi connectivity index (χ0) is 15.3. The standard InChI is InChI=1S/C13H17N3O4/c1-8-6-9(12(18)19)4-5-10(8)15-13(20)16(3)7-11(17)14-2/h4-6H,7H2,1-3H3,(H,14,17)(H,15,20)(H,18,19). The number of hydrogen-bond donors (Lipinski definition) is 3. The normalized spacial score (nSPS) is 9.75. The van der Waals surface area contributed by atoms with Gasteiger partial charge >= 0.3 is 12.0 Å². The van der Waals surface area contributed by atoms with Crippen molar-refractivity contribution in [3.05, 3.63) is 29.3 Å². The molecule has 3 N–H and O–H groups in total. The van der Waals surface area contributed by atoms with Crippen LogP contribution in [0.4, 0.5) is 10.5 Å². The number of carbonyl (C=O) groups is 3. The van der Waals surface area contributed by atoms with Crippen molar-refractivity contribution >= 4 is 23.6 Å². The Morgan fingerprint density at radius 2 is 1.95 bits per heavy atom. The molecule has 0 radical (unpaired) electrons. The second-order valence-corrected chi connectivity index (χ2v) is 4.29. The zero-order valence-corrected chi connectivity index (χ0v) is 11.6. The lowest BCUT2D eigenvalue weighted by molar-refractivity contribution is -0.120. The van der Waals surface area contributed by atoms with E-state index >= 15 is 0 Å². The Morgan fingerprint density at radius 3 is 2.45 bits per heavy atom. The van der Waals surface area contributed by atoms with Crippen molar-refractivity contribution in [2.24, 2.45) is 0 Å². The quantitative estimate of drug-likeness (QED) is 0.762. The van der Waals surface area contributed by atoms with Crippen LogP contribution in [0.3, 0.4) is 0 Å². The molecule has 108 valence electrons. The van der Waals surface area contributed by atoms with E-state index in [2.05, 4.69) is 10.6 Å². The Morgan fingerprint density at radius 1 is 1.30 bits per heavy atom. The molecule has 7 nitrogen and oxygen atoms in total. The highest BCUT2D eigenvalue weighted by Crippen LogP contribution is 2.17. The summed E-state index contributed by atoms with van der Waals surface area (Å²) < 4.78 is 0. The molecule has 1 aromatic rings. The molecule has 0 heterocycles. The number of carboxylic acids is 1. The van der Waals surface area contributed by atoms with Gasteiger partial charge in [0.05, 0.1) is 5.56 Å². The summed E-state index contributed by atoms with van der Waals surface area (Å²) >= 11 is 0. The molecular weight excluding hydrogens is 262 g/mol. The van der Waals surface area contributed by atoms with Crippen LogP contribution in [0.1, 0.15) is 15.9 Å². The van der Waals surface area contributed by atoms with E-state index in [1.807, 2.05) is 0 Å². The average molecular weight is 279 g/mol. The van der Waals surface area contributed by atoms with Gasteiger partial charge in [0.1, 0.15) is 6.54 Å². The number of nitrogens with one attached hydrogen (secondary N) is 2. The van der Waals surface area contributed by atoms with Gasteiger partial charge in [-0.2, -0.15) is 0 Å². The maximum atomic E-state index is 11.9. The van der Waals surface area contributed by atoms with E-state index in [4.69, 9.17) is 5.11 Å². The Labute approximate surface area is 116 Å². The molecule has 0 bridgehead atoms. The minimum absolute atomic E-state index is 0.0609. The molecule has 0 saturated carbocycles. The third-order valence-corrected chi connectivity index (χ3v) is 2.72. The highest BCUT2D eigenvalue weighted by atomic mass is 16.4. The number of hydrogen-bond acceptors (Lipinski definition) is 3. The first kappa shape index (κ1) is 15.5. The maximum Gasteiger partial charge on any atom is 0.335 e. The van der Waals surface area contributed by atoms with Crippen molar-refractivity contribution < 1.29 is 19.5 Å².